The first-order chi connectivity index (χ1) is 12.1. The van der Waals surface area contributed by atoms with Gasteiger partial charge in [0.25, 0.3) is 0 Å². The highest BCUT2D eigenvalue weighted by Crippen LogP contribution is 2.30. The quantitative estimate of drug-likeness (QED) is 0.748. The average molecular weight is 332 g/mol. The Labute approximate surface area is 148 Å². The summed E-state index contributed by atoms with van der Waals surface area (Å²) in [5.74, 6) is 0.124. The van der Waals surface area contributed by atoms with Gasteiger partial charge in [-0.25, -0.2) is 0 Å². The molecule has 0 unspecified atom stereocenters. The first kappa shape index (κ1) is 15.9. The number of hydrogen-bond acceptors (Lipinski definition) is 1. The van der Waals surface area contributed by atoms with Crippen molar-refractivity contribution < 1.29 is 4.79 Å². The molecule has 3 aromatic rings. The third-order valence-electron chi connectivity index (χ3n) is 5.41. The van der Waals surface area contributed by atoms with Crippen LogP contribution in [0, 0.1) is 13.8 Å². The molecule has 0 fully saturated rings. The monoisotopic (exact) mass is 332 g/mol. The summed E-state index contributed by atoms with van der Waals surface area (Å²) < 4.78 is 0. The van der Waals surface area contributed by atoms with Crippen LogP contribution in [-0.2, 0) is 24.1 Å². The lowest BCUT2D eigenvalue weighted by Gasteiger charge is -2.24. The van der Waals surface area contributed by atoms with Gasteiger partial charge in [0.05, 0.1) is 6.42 Å². The summed E-state index contributed by atoms with van der Waals surface area (Å²) in [6.07, 6.45) is 3.37. The Kier molecular flexibility index (Phi) is 4.08. The molecule has 1 atom stereocenters. The number of para-hydroxylation sites is 1. The van der Waals surface area contributed by atoms with Gasteiger partial charge in [0.2, 0.25) is 5.91 Å². The van der Waals surface area contributed by atoms with E-state index in [4.69, 9.17) is 0 Å². The standard InChI is InChI=1S/C22H24N2O/c1-14-6-3-4-8-16(14)12-21(25)23-17-10-11-20-19(13-17)18-9-5-7-15(2)22(18)24-20/h3-9,17,24H,10-13H2,1-2H3,(H,23,25)/t17-/m0/s1. The molecule has 25 heavy (non-hydrogen) atoms. The number of benzene rings is 2. The van der Waals surface area contributed by atoms with Gasteiger partial charge in [-0.3, -0.25) is 4.79 Å². The summed E-state index contributed by atoms with van der Waals surface area (Å²) in [6.45, 7) is 4.20. The Morgan fingerprint density at radius 3 is 2.76 bits per heavy atom. The summed E-state index contributed by atoms with van der Waals surface area (Å²) in [7, 11) is 0. The number of fused-ring (bicyclic) bond motifs is 3. The van der Waals surface area contributed by atoms with Crippen LogP contribution in [0.15, 0.2) is 42.5 Å². The van der Waals surface area contributed by atoms with Crippen molar-refractivity contribution in [3.05, 3.63) is 70.4 Å². The fraction of sp³-hybridized carbons (Fsp3) is 0.318. The van der Waals surface area contributed by atoms with Gasteiger partial charge in [-0.1, -0.05) is 42.5 Å². The van der Waals surface area contributed by atoms with Crippen LogP contribution >= 0.6 is 0 Å². The number of rotatable bonds is 3. The fourth-order valence-corrected chi connectivity index (χ4v) is 3.97. The fourth-order valence-electron chi connectivity index (χ4n) is 3.97. The Morgan fingerprint density at radius 1 is 1.12 bits per heavy atom. The van der Waals surface area contributed by atoms with E-state index >= 15 is 0 Å². The molecule has 0 radical (unpaired) electrons. The minimum atomic E-state index is 0.124. The largest absolute Gasteiger partial charge is 0.358 e. The highest BCUT2D eigenvalue weighted by Gasteiger charge is 2.24. The number of carbonyl (C=O) groups is 1. The molecule has 0 aliphatic heterocycles. The molecular weight excluding hydrogens is 308 g/mol. The molecule has 1 amide bonds. The third kappa shape index (κ3) is 3.07. The molecule has 1 aromatic heterocycles. The maximum atomic E-state index is 12.5. The number of carbonyl (C=O) groups excluding carboxylic acids is 1. The van der Waals surface area contributed by atoms with E-state index in [-0.39, 0.29) is 11.9 Å². The number of aromatic amines is 1. The summed E-state index contributed by atoms with van der Waals surface area (Å²) in [5.41, 5.74) is 7.54. The zero-order valence-electron chi connectivity index (χ0n) is 14.9. The first-order valence-corrected chi connectivity index (χ1v) is 9.04. The van der Waals surface area contributed by atoms with Crippen molar-refractivity contribution in [3.63, 3.8) is 0 Å². The lowest BCUT2D eigenvalue weighted by molar-refractivity contribution is -0.121. The van der Waals surface area contributed by atoms with E-state index in [1.807, 2.05) is 18.2 Å². The zero-order valence-corrected chi connectivity index (χ0v) is 14.9. The molecule has 128 valence electrons. The number of H-pyrrole nitrogens is 1. The lowest BCUT2D eigenvalue weighted by Crippen LogP contribution is -2.39. The minimum Gasteiger partial charge on any atom is -0.358 e. The highest BCUT2D eigenvalue weighted by molar-refractivity contribution is 5.87. The first-order valence-electron chi connectivity index (χ1n) is 9.04. The van der Waals surface area contributed by atoms with Crippen LogP contribution in [0.1, 0.15) is 34.4 Å². The van der Waals surface area contributed by atoms with Gasteiger partial charge in [0.15, 0.2) is 0 Å². The van der Waals surface area contributed by atoms with Crippen molar-refractivity contribution >= 4 is 16.8 Å². The molecule has 0 bridgehead atoms. The molecule has 2 aromatic carbocycles. The SMILES string of the molecule is Cc1ccccc1CC(=O)N[C@H]1CCc2[nH]c3c(C)cccc3c2C1. The Hall–Kier alpha value is -2.55. The van der Waals surface area contributed by atoms with Crippen molar-refractivity contribution in [1.29, 1.82) is 0 Å². The highest BCUT2D eigenvalue weighted by atomic mass is 16.1. The summed E-state index contributed by atoms with van der Waals surface area (Å²) >= 11 is 0. The zero-order chi connectivity index (χ0) is 17.4. The van der Waals surface area contributed by atoms with Crippen molar-refractivity contribution in [2.75, 3.05) is 0 Å². The molecule has 4 rings (SSSR count). The summed E-state index contributed by atoms with van der Waals surface area (Å²) in [6, 6.07) is 14.8. The van der Waals surface area contributed by atoms with E-state index in [0.29, 0.717) is 6.42 Å². The molecule has 0 saturated carbocycles. The molecule has 1 heterocycles. The molecule has 0 spiro atoms. The Balaban J connectivity index is 1.49. The molecule has 3 heteroatoms. The van der Waals surface area contributed by atoms with Crippen LogP contribution in [0.2, 0.25) is 0 Å². The smallest absolute Gasteiger partial charge is 0.224 e. The van der Waals surface area contributed by atoms with Crippen molar-refractivity contribution in [2.24, 2.45) is 0 Å². The van der Waals surface area contributed by atoms with Gasteiger partial charge in [-0.15, -0.1) is 0 Å². The number of nitrogens with one attached hydrogen (secondary N) is 2. The van der Waals surface area contributed by atoms with Crippen LogP contribution < -0.4 is 5.32 Å². The van der Waals surface area contributed by atoms with Crippen molar-refractivity contribution in [3.8, 4) is 0 Å². The van der Waals surface area contributed by atoms with Gasteiger partial charge in [0.1, 0.15) is 0 Å². The van der Waals surface area contributed by atoms with E-state index < -0.39 is 0 Å². The molecule has 0 saturated heterocycles. The average Bonchev–Trinajstić information content (AvgIpc) is 2.97. The molecule has 3 nitrogen and oxygen atoms in total. The number of amides is 1. The third-order valence-corrected chi connectivity index (χ3v) is 5.41. The second-order valence-corrected chi connectivity index (χ2v) is 7.19. The van der Waals surface area contributed by atoms with Crippen LogP contribution in [0.4, 0.5) is 0 Å². The predicted molar refractivity (Wildman–Crippen MR) is 102 cm³/mol. The minimum absolute atomic E-state index is 0.124. The summed E-state index contributed by atoms with van der Waals surface area (Å²) in [4.78, 5) is 16.1. The van der Waals surface area contributed by atoms with Gasteiger partial charge >= 0.3 is 0 Å². The van der Waals surface area contributed by atoms with E-state index in [0.717, 1.165) is 24.8 Å². The van der Waals surface area contributed by atoms with Gasteiger partial charge in [-0.2, -0.15) is 0 Å². The topological polar surface area (TPSA) is 44.9 Å². The molecule has 1 aliphatic carbocycles. The van der Waals surface area contributed by atoms with Crippen LogP contribution in [0.5, 0.6) is 0 Å². The number of hydrogen-bond donors (Lipinski definition) is 2. The van der Waals surface area contributed by atoms with Crippen LogP contribution in [0.25, 0.3) is 10.9 Å². The van der Waals surface area contributed by atoms with E-state index in [1.165, 1.54) is 33.3 Å². The van der Waals surface area contributed by atoms with Crippen LogP contribution in [0.3, 0.4) is 0 Å². The number of aryl methyl sites for hydroxylation is 3. The molecule has 1 aliphatic rings. The predicted octanol–water partition coefficient (Wildman–Crippen LogP) is 4.00. The number of aromatic nitrogens is 1. The maximum Gasteiger partial charge on any atom is 0.224 e. The van der Waals surface area contributed by atoms with Gasteiger partial charge in [-0.05, 0) is 55.4 Å². The Bertz CT molecular complexity index is 938. The summed E-state index contributed by atoms with van der Waals surface area (Å²) in [5, 5.41) is 4.56. The van der Waals surface area contributed by atoms with E-state index in [2.05, 4.69) is 48.4 Å². The van der Waals surface area contributed by atoms with Crippen LogP contribution in [-0.4, -0.2) is 16.9 Å². The second kappa shape index (κ2) is 6.40. The van der Waals surface area contributed by atoms with E-state index in [1.54, 1.807) is 0 Å². The lowest BCUT2D eigenvalue weighted by atomic mass is 9.91. The molecular formula is C22H24N2O. The van der Waals surface area contributed by atoms with E-state index in [9.17, 15) is 4.79 Å². The van der Waals surface area contributed by atoms with Crippen molar-refractivity contribution in [2.45, 2.75) is 45.6 Å². The molecule has 2 N–H and O–H groups in total. The van der Waals surface area contributed by atoms with Gasteiger partial charge in [0, 0.05) is 22.6 Å². The van der Waals surface area contributed by atoms with Gasteiger partial charge < -0.3 is 10.3 Å². The second-order valence-electron chi connectivity index (χ2n) is 7.19. The maximum absolute atomic E-state index is 12.5. The van der Waals surface area contributed by atoms with Crippen molar-refractivity contribution in [1.82, 2.24) is 10.3 Å². The Morgan fingerprint density at radius 2 is 1.92 bits per heavy atom. The normalized spacial score (nSPS) is 16.6.